The molecule has 0 atom stereocenters. The molecule has 0 aliphatic rings. The summed E-state index contributed by atoms with van der Waals surface area (Å²) in [5, 5.41) is 10.6. The number of hydrogen-bond donors (Lipinski definition) is 2. The second-order valence-electron chi connectivity index (χ2n) is 3.42. The topological polar surface area (TPSA) is 53.6 Å². The Bertz CT molecular complexity index is 502. The SMILES string of the molecule is Cc1cn[nH]c1CNc1nc(C(F)(F)F)cs1. The Morgan fingerprint density at radius 1 is 1.47 bits per heavy atom. The number of rotatable bonds is 3. The fourth-order valence-corrected chi connectivity index (χ4v) is 1.92. The maximum Gasteiger partial charge on any atom is 0.434 e. The molecule has 0 spiro atoms. The third-order valence-electron chi connectivity index (χ3n) is 2.14. The molecule has 0 fully saturated rings. The van der Waals surface area contributed by atoms with Gasteiger partial charge in [0.25, 0.3) is 0 Å². The van der Waals surface area contributed by atoms with Crippen LogP contribution in [0.4, 0.5) is 18.3 Å². The zero-order valence-corrected chi connectivity index (χ0v) is 9.61. The Morgan fingerprint density at radius 3 is 2.76 bits per heavy atom. The van der Waals surface area contributed by atoms with Gasteiger partial charge in [-0.3, -0.25) is 5.10 Å². The first kappa shape index (κ1) is 11.9. The summed E-state index contributed by atoms with van der Waals surface area (Å²) >= 11 is 0.928. The van der Waals surface area contributed by atoms with E-state index in [1.165, 1.54) is 0 Å². The van der Waals surface area contributed by atoms with E-state index in [-0.39, 0.29) is 5.13 Å². The molecular formula is C9H9F3N4S. The van der Waals surface area contributed by atoms with Crippen LogP contribution in [0.5, 0.6) is 0 Å². The summed E-state index contributed by atoms with van der Waals surface area (Å²) < 4.78 is 36.8. The second-order valence-corrected chi connectivity index (χ2v) is 4.28. The van der Waals surface area contributed by atoms with Crippen LogP contribution in [-0.4, -0.2) is 15.2 Å². The number of nitrogens with zero attached hydrogens (tertiary/aromatic N) is 2. The Morgan fingerprint density at radius 2 is 2.24 bits per heavy atom. The molecule has 0 saturated heterocycles. The van der Waals surface area contributed by atoms with Crippen molar-refractivity contribution in [3.8, 4) is 0 Å². The van der Waals surface area contributed by atoms with Gasteiger partial charge >= 0.3 is 6.18 Å². The number of aromatic nitrogens is 3. The molecule has 17 heavy (non-hydrogen) atoms. The molecular weight excluding hydrogens is 253 g/mol. The van der Waals surface area contributed by atoms with Gasteiger partial charge in [0, 0.05) is 5.38 Å². The molecule has 2 rings (SSSR count). The quantitative estimate of drug-likeness (QED) is 0.894. The number of H-pyrrole nitrogens is 1. The number of hydrogen-bond acceptors (Lipinski definition) is 4. The normalized spacial score (nSPS) is 11.8. The van der Waals surface area contributed by atoms with Crippen molar-refractivity contribution in [2.24, 2.45) is 0 Å². The summed E-state index contributed by atoms with van der Waals surface area (Å²) in [5.41, 5.74) is 0.908. The summed E-state index contributed by atoms with van der Waals surface area (Å²) in [6.07, 6.45) is -2.74. The van der Waals surface area contributed by atoms with Crippen molar-refractivity contribution in [1.29, 1.82) is 0 Å². The van der Waals surface area contributed by atoms with Gasteiger partial charge in [0.15, 0.2) is 10.8 Å². The van der Waals surface area contributed by atoms with E-state index in [0.29, 0.717) is 6.54 Å². The lowest BCUT2D eigenvalue weighted by atomic mass is 10.3. The summed E-state index contributed by atoms with van der Waals surface area (Å²) in [7, 11) is 0. The van der Waals surface area contributed by atoms with E-state index in [4.69, 9.17) is 0 Å². The van der Waals surface area contributed by atoms with E-state index in [1.54, 1.807) is 6.20 Å². The molecule has 0 bridgehead atoms. The third-order valence-corrected chi connectivity index (χ3v) is 2.94. The molecule has 8 heteroatoms. The molecule has 2 aromatic rings. The third kappa shape index (κ3) is 2.76. The number of thiazole rings is 1. The van der Waals surface area contributed by atoms with Crippen LogP contribution >= 0.6 is 11.3 Å². The minimum Gasteiger partial charge on any atom is -0.356 e. The predicted octanol–water partition coefficient (Wildman–Crippen LogP) is 2.81. The van der Waals surface area contributed by atoms with Crippen molar-refractivity contribution in [2.75, 3.05) is 5.32 Å². The smallest absolute Gasteiger partial charge is 0.356 e. The van der Waals surface area contributed by atoms with E-state index in [9.17, 15) is 13.2 Å². The zero-order chi connectivity index (χ0) is 12.5. The molecule has 0 amide bonds. The molecule has 92 valence electrons. The Balaban J connectivity index is 2.01. The number of aryl methyl sites for hydroxylation is 1. The number of anilines is 1. The minimum absolute atomic E-state index is 0.242. The molecule has 2 N–H and O–H groups in total. The number of halogens is 3. The molecule has 0 radical (unpaired) electrons. The first-order chi connectivity index (χ1) is 7.97. The first-order valence-electron chi connectivity index (χ1n) is 4.72. The van der Waals surface area contributed by atoms with Gasteiger partial charge in [-0.2, -0.15) is 18.3 Å². The van der Waals surface area contributed by atoms with E-state index < -0.39 is 11.9 Å². The number of nitrogens with one attached hydrogen (secondary N) is 2. The molecule has 2 heterocycles. The standard InChI is InChI=1S/C9H9F3N4S/c1-5-2-14-16-6(5)3-13-8-15-7(4-17-8)9(10,11)12/h2,4H,3H2,1H3,(H,13,15)(H,14,16). The lowest BCUT2D eigenvalue weighted by Crippen LogP contribution is -2.06. The maximum atomic E-state index is 12.3. The van der Waals surface area contributed by atoms with Gasteiger partial charge in [-0.25, -0.2) is 4.98 Å². The zero-order valence-electron chi connectivity index (χ0n) is 8.80. The second kappa shape index (κ2) is 4.36. The van der Waals surface area contributed by atoms with Gasteiger partial charge in [-0.15, -0.1) is 11.3 Å². The van der Waals surface area contributed by atoms with E-state index in [0.717, 1.165) is 28.0 Å². The van der Waals surface area contributed by atoms with Crippen molar-refractivity contribution in [3.63, 3.8) is 0 Å². The predicted molar refractivity (Wildman–Crippen MR) is 57.8 cm³/mol. The van der Waals surface area contributed by atoms with Crippen molar-refractivity contribution < 1.29 is 13.2 Å². The molecule has 0 aliphatic heterocycles. The van der Waals surface area contributed by atoms with Crippen molar-refractivity contribution in [1.82, 2.24) is 15.2 Å². The molecule has 0 aromatic carbocycles. The van der Waals surface area contributed by atoms with E-state index in [1.807, 2.05) is 6.92 Å². The fraction of sp³-hybridized carbons (Fsp3) is 0.333. The van der Waals surface area contributed by atoms with Gasteiger partial charge in [-0.05, 0) is 12.5 Å². The fourth-order valence-electron chi connectivity index (χ4n) is 1.20. The van der Waals surface area contributed by atoms with Crippen LogP contribution in [0.2, 0.25) is 0 Å². The van der Waals surface area contributed by atoms with E-state index in [2.05, 4.69) is 20.5 Å². The molecule has 4 nitrogen and oxygen atoms in total. The maximum absolute atomic E-state index is 12.3. The van der Waals surface area contributed by atoms with Crippen LogP contribution in [0.15, 0.2) is 11.6 Å². The van der Waals surface area contributed by atoms with Crippen LogP contribution < -0.4 is 5.32 Å². The average molecular weight is 262 g/mol. The van der Waals surface area contributed by atoms with Gasteiger partial charge in [0.2, 0.25) is 0 Å². The summed E-state index contributed by atoms with van der Waals surface area (Å²) in [4.78, 5) is 3.46. The summed E-state index contributed by atoms with van der Waals surface area (Å²) in [6, 6.07) is 0. The van der Waals surface area contributed by atoms with E-state index >= 15 is 0 Å². The van der Waals surface area contributed by atoms with Crippen LogP contribution in [0.25, 0.3) is 0 Å². The van der Waals surface area contributed by atoms with Crippen molar-refractivity contribution in [3.05, 3.63) is 28.5 Å². The Hall–Kier alpha value is -1.57. The highest BCUT2D eigenvalue weighted by atomic mass is 32.1. The summed E-state index contributed by atoms with van der Waals surface area (Å²) in [5.74, 6) is 0. The molecule has 2 aromatic heterocycles. The van der Waals surface area contributed by atoms with Crippen LogP contribution in [0.3, 0.4) is 0 Å². The van der Waals surface area contributed by atoms with Gasteiger partial charge < -0.3 is 5.32 Å². The summed E-state index contributed by atoms with van der Waals surface area (Å²) in [6.45, 7) is 2.24. The van der Waals surface area contributed by atoms with Gasteiger partial charge in [0.1, 0.15) is 0 Å². The Labute approximate surface area is 98.9 Å². The highest BCUT2D eigenvalue weighted by Crippen LogP contribution is 2.31. The van der Waals surface area contributed by atoms with Crippen molar-refractivity contribution >= 4 is 16.5 Å². The lowest BCUT2D eigenvalue weighted by molar-refractivity contribution is -0.140. The highest BCUT2D eigenvalue weighted by Gasteiger charge is 2.33. The van der Waals surface area contributed by atoms with Crippen LogP contribution in [0.1, 0.15) is 17.0 Å². The van der Waals surface area contributed by atoms with Gasteiger partial charge in [-0.1, -0.05) is 0 Å². The monoisotopic (exact) mass is 262 g/mol. The largest absolute Gasteiger partial charge is 0.434 e. The minimum atomic E-state index is -4.39. The first-order valence-corrected chi connectivity index (χ1v) is 5.60. The van der Waals surface area contributed by atoms with Crippen LogP contribution in [-0.2, 0) is 12.7 Å². The van der Waals surface area contributed by atoms with Crippen LogP contribution in [0, 0.1) is 6.92 Å². The molecule has 0 saturated carbocycles. The van der Waals surface area contributed by atoms with Crippen molar-refractivity contribution in [2.45, 2.75) is 19.6 Å². The van der Waals surface area contributed by atoms with Gasteiger partial charge in [0.05, 0.1) is 18.4 Å². The average Bonchev–Trinajstić information content (AvgIpc) is 2.82. The number of aromatic amines is 1. The Kier molecular flexibility index (Phi) is 3.05. The lowest BCUT2D eigenvalue weighted by Gasteiger charge is -2.02. The highest BCUT2D eigenvalue weighted by molar-refractivity contribution is 7.13. The number of alkyl halides is 3. The molecule has 0 aliphatic carbocycles. The molecule has 0 unspecified atom stereocenters.